The molecule has 2 rings (SSSR count). The Kier molecular flexibility index (Phi) is 6.38. The number of aliphatic hydroxyl groups excluding tert-OH is 1. The highest BCUT2D eigenvalue weighted by atomic mass is 28.4. The van der Waals surface area contributed by atoms with E-state index in [9.17, 15) is 5.11 Å². The van der Waals surface area contributed by atoms with Crippen molar-refractivity contribution in [2.24, 2.45) is 5.92 Å². The molecule has 0 radical (unpaired) electrons. The molecule has 0 aliphatic rings. The van der Waals surface area contributed by atoms with Crippen LogP contribution in [0.5, 0.6) is 0 Å². The Labute approximate surface area is 147 Å². The molecule has 0 bridgehead atoms. The SMILES string of the molecule is CC[C@@H](CO)CO[Si](c1ccccc1)(c1ccccc1)C(C)(C)C. The summed E-state index contributed by atoms with van der Waals surface area (Å²) in [6, 6.07) is 21.3. The van der Waals surface area contributed by atoms with Gasteiger partial charge in [0.05, 0.1) is 0 Å². The summed E-state index contributed by atoms with van der Waals surface area (Å²) in [6.07, 6.45) is 0.925. The quantitative estimate of drug-likeness (QED) is 0.779. The summed E-state index contributed by atoms with van der Waals surface area (Å²) in [5.74, 6) is 0.187. The first-order chi connectivity index (χ1) is 11.5. The van der Waals surface area contributed by atoms with Crippen molar-refractivity contribution in [2.75, 3.05) is 13.2 Å². The Balaban J connectivity index is 2.57. The molecule has 3 heteroatoms. The van der Waals surface area contributed by atoms with Gasteiger partial charge in [0.1, 0.15) is 0 Å². The number of benzene rings is 2. The summed E-state index contributed by atoms with van der Waals surface area (Å²) in [5.41, 5.74) is 0. The van der Waals surface area contributed by atoms with Gasteiger partial charge in [-0.2, -0.15) is 0 Å². The first-order valence-corrected chi connectivity index (χ1v) is 10.7. The third-order valence-electron chi connectivity index (χ3n) is 4.79. The van der Waals surface area contributed by atoms with Gasteiger partial charge in [-0.1, -0.05) is 88.4 Å². The van der Waals surface area contributed by atoms with Crippen LogP contribution in [0.1, 0.15) is 34.1 Å². The summed E-state index contributed by atoms with van der Waals surface area (Å²) >= 11 is 0. The van der Waals surface area contributed by atoms with Crippen molar-refractivity contribution < 1.29 is 9.53 Å². The van der Waals surface area contributed by atoms with E-state index in [-0.39, 0.29) is 17.6 Å². The summed E-state index contributed by atoms with van der Waals surface area (Å²) < 4.78 is 6.79. The molecule has 0 saturated heterocycles. The average Bonchev–Trinajstić information content (AvgIpc) is 2.59. The molecule has 0 saturated carbocycles. The second kappa shape index (κ2) is 8.10. The number of rotatable bonds is 7. The molecule has 0 amide bonds. The van der Waals surface area contributed by atoms with Gasteiger partial charge in [0.2, 0.25) is 0 Å². The van der Waals surface area contributed by atoms with Crippen LogP contribution in [0.2, 0.25) is 5.04 Å². The maximum atomic E-state index is 9.60. The minimum Gasteiger partial charge on any atom is -0.407 e. The van der Waals surface area contributed by atoms with Gasteiger partial charge in [0, 0.05) is 19.1 Å². The predicted molar refractivity (Wildman–Crippen MR) is 104 cm³/mol. The first kappa shape index (κ1) is 18.9. The van der Waals surface area contributed by atoms with Crippen LogP contribution >= 0.6 is 0 Å². The van der Waals surface area contributed by atoms with E-state index in [1.807, 2.05) is 0 Å². The molecule has 1 N–H and O–H groups in total. The number of hydrogen-bond acceptors (Lipinski definition) is 2. The van der Waals surface area contributed by atoms with Crippen molar-refractivity contribution in [3.8, 4) is 0 Å². The Hall–Kier alpha value is -1.42. The minimum absolute atomic E-state index is 0.0105. The normalized spacial score (nSPS) is 13.7. The summed E-state index contributed by atoms with van der Waals surface area (Å²) in [5, 5.41) is 12.2. The Morgan fingerprint density at radius 2 is 1.38 bits per heavy atom. The lowest BCUT2D eigenvalue weighted by atomic mass is 10.1. The monoisotopic (exact) mass is 342 g/mol. The van der Waals surface area contributed by atoms with Gasteiger partial charge in [-0.15, -0.1) is 0 Å². The zero-order valence-corrected chi connectivity index (χ0v) is 16.3. The largest absolute Gasteiger partial charge is 0.407 e. The van der Waals surface area contributed by atoms with E-state index in [1.165, 1.54) is 10.4 Å². The van der Waals surface area contributed by atoms with Gasteiger partial charge in [0.25, 0.3) is 8.32 Å². The number of aliphatic hydroxyl groups is 1. The second-order valence-corrected chi connectivity index (χ2v) is 11.7. The van der Waals surface area contributed by atoms with E-state index < -0.39 is 8.32 Å². The molecule has 0 unspecified atom stereocenters. The lowest BCUT2D eigenvalue weighted by Gasteiger charge is -2.43. The molecule has 2 nitrogen and oxygen atoms in total. The predicted octanol–water partition coefficient (Wildman–Crippen LogP) is 3.58. The first-order valence-electron chi connectivity index (χ1n) is 8.81. The molecule has 0 aliphatic carbocycles. The maximum absolute atomic E-state index is 9.60. The molecular weight excluding hydrogens is 312 g/mol. The fraction of sp³-hybridized carbons (Fsp3) is 0.429. The van der Waals surface area contributed by atoms with Crippen molar-refractivity contribution in [2.45, 2.75) is 39.2 Å². The number of hydrogen-bond donors (Lipinski definition) is 1. The van der Waals surface area contributed by atoms with Crippen molar-refractivity contribution >= 4 is 18.7 Å². The molecule has 2 aromatic carbocycles. The third kappa shape index (κ3) is 3.80. The maximum Gasteiger partial charge on any atom is 0.261 e. The van der Waals surface area contributed by atoms with Crippen LogP contribution in [0.15, 0.2) is 60.7 Å². The standard InChI is InChI=1S/C21H30O2Si/c1-5-18(16-22)17-23-24(21(2,3)4,19-12-8-6-9-13-19)20-14-10-7-11-15-20/h6-15,18,22H,5,16-17H2,1-4H3/t18-/m0/s1. The van der Waals surface area contributed by atoms with E-state index >= 15 is 0 Å². The molecule has 130 valence electrons. The molecule has 0 aromatic heterocycles. The van der Waals surface area contributed by atoms with Crippen LogP contribution in [0, 0.1) is 5.92 Å². The van der Waals surface area contributed by atoms with Gasteiger partial charge in [-0.3, -0.25) is 0 Å². The lowest BCUT2D eigenvalue weighted by Crippen LogP contribution is -2.67. The Morgan fingerprint density at radius 1 is 0.917 bits per heavy atom. The summed E-state index contributed by atoms with van der Waals surface area (Å²) in [6.45, 7) is 9.71. The molecule has 0 spiro atoms. The summed E-state index contributed by atoms with van der Waals surface area (Å²) in [4.78, 5) is 0. The summed E-state index contributed by atoms with van der Waals surface area (Å²) in [7, 11) is -2.46. The van der Waals surface area contributed by atoms with Crippen LogP contribution in [-0.4, -0.2) is 26.6 Å². The van der Waals surface area contributed by atoms with Crippen LogP contribution in [0.4, 0.5) is 0 Å². The van der Waals surface area contributed by atoms with Crippen molar-refractivity contribution in [3.05, 3.63) is 60.7 Å². The second-order valence-electron chi connectivity index (χ2n) is 7.43. The van der Waals surface area contributed by atoms with Gasteiger partial charge in [-0.05, 0) is 21.8 Å². The molecule has 0 aliphatic heterocycles. The van der Waals surface area contributed by atoms with E-state index in [2.05, 4.69) is 88.4 Å². The zero-order valence-electron chi connectivity index (χ0n) is 15.3. The lowest BCUT2D eigenvalue weighted by molar-refractivity contribution is 0.154. The van der Waals surface area contributed by atoms with Gasteiger partial charge in [-0.25, -0.2) is 0 Å². The third-order valence-corrected chi connectivity index (χ3v) is 9.79. The van der Waals surface area contributed by atoms with Crippen molar-refractivity contribution in [1.29, 1.82) is 0 Å². The van der Waals surface area contributed by atoms with Crippen LogP contribution < -0.4 is 10.4 Å². The van der Waals surface area contributed by atoms with Crippen molar-refractivity contribution in [3.63, 3.8) is 0 Å². The highest BCUT2D eigenvalue weighted by Gasteiger charge is 2.50. The molecule has 2 aromatic rings. The van der Waals surface area contributed by atoms with E-state index in [4.69, 9.17) is 4.43 Å². The highest BCUT2D eigenvalue weighted by Crippen LogP contribution is 2.37. The topological polar surface area (TPSA) is 29.5 Å². The van der Waals surface area contributed by atoms with E-state index in [0.717, 1.165) is 6.42 Å². The van der Waals surface area contributed by atoms with Crippen LogP contribution in [0.25, 0.3) is 0 Å². The van der Waals surface area contributed by atoms with Gasteiger partial charge < -0.3 is 9.53 Å². The molecule has 0 heterocycles. The van der Waals surface area contributed by atoms with E-state index in [1.54, 1.807) is 0 Å². The van der Waals surface area contributed by atoms with Gasteiger partial charge in [0.15, 0.2) is 0 Å². The van der Waals surface area contributed by atoms with Gasteiger partial charge >= 0.3 is 0 Å². The minimum atomic E-state index is -2.46. The molecular formula is C21H30O2Si. The Bertz CT molecular complexity index is 561. The Morgan fingerprint density at radius 3 is 1.71 bits per heavy atom. The molecule has 0 fully saturated rings. The van der Waals surface area contributed by atoms with Crippen LogP contribution in [-0.2, 0) is 4.43 Å². The highest BCUT2D eigenvalue weighted by molar-refractivity contribution is 6.99. The van der Waals surface area contributed by atoms with E-state index in [0.29, 0.717) is 6.61 Å². The zero-order chi connectivity index (χ0) is 17.6. The van der Waals surface area contributed by atoms with Crippen LogP contribution in [0.3, 0.4) is 0 Å². The molecule has 1 atom stereocenters. The smallest absolute Gasteiger partial charge is 0.261 e. The molecule has 24 heavy (non-hydrogen) atoms. The van der Waals surface area contributed by atoms with Crippen molar-refractivity contribution in [1.82, 2.24) is 0 Å². The fourth-order valence-electron chi connectivity index (χ4n) is 3.30. The average molecular weight is 343 g/mol. The fourth-order valence-corrected chi connectivity index (χ4v) is 7.95.